The number of nitrogens with zero attached hydrogens (tertiary/aromatic N) is 1. The summed E-state index contributed by atoms with van der Waals surface area (Å²) in [7, 11) is 0. The van der Waals surface area contributed by atoms with E-state index in [0.717, 1.165) is 0 Å². The highest BCUT2D eigenvalue weighted by atomic mass is 32.1. The molecule has 0 radical (unpaired) electrons. The highest BCUT2D eigenvalue weighted by Gasteiger charge is 2.34. The Hall–Kier alpha value is -2.19. The number of aromatic nitrogens is 1. The minimum absolute atomic E-state index is 0.422. The van der Waals surface area contributed by atoms with E-state index in [-0.39, 0.29) is 0 Å². The lowest BCUT2D eigenvalue weighted by molar-refractivity contribution is -0.694. The molecule has 4 aromatic rings. The molecule has 2 aromatic carbocycles. The minimum atomic E-state index is 0.422. The number of rotatable bonds is 0. The molecule has 0 amide bonds. The molecular weight excluding hydrogens is 274 g/mol. The third kappa shape index (κ3) is 1.38. The molecule has 0 N–H and O–H groups in total. The first-order chi connectivity index (χ1) is 10.3. The first-order valence-corrected chi connectivity index (χ1v) is 8.11. The maximum absolute atomic E-state index is 2.38. The van der Waals surface area contributed by atoms with Crippen LogP contribution in [-0.2, 0) is 0 Å². The van der Waals surface area contributed by atoms with Crippen LogP contribution in [0, 0.1) is 0 Å². The SMILES string of the molecule is CC1c2ccc3c(sc4ccccc43)c2-c2cccc[n+]21. The van der Waals surface area contributed by atoms with Crippen molar-refractivity contribution in [2.75, 3.05) is 0 Å². The van der Waals surface area contributed by atoms with E-state index in [4.69, 9.17) is 0 Å². The van der Waals surface area contributed by atoms with Gasteiger partial charge in [0.25, 0.3) is 0 Å². The van der Waals surface area contributed by atoms with Gasteiger partial charge in [0.05, 0.1) is 5.56 Å². The molecular formula is C19H14NS+. The summed E-state index contributed by atoms with van der Waals surface area (Å²) in [5.74, 6) is 0. The maximum atomic E-state index is 2.38. The molecule has 0 saturated heterocycles. The van der Waals surface area contributed by atoms with Crippen LogP contribution in [0.1, 0.15) is 18.5 Å². The number of pyridine rings is 1. The van der Waals surface area contributed by atoms with E-state index >= 15 is 0 Å². The van der Waals surface area contributed by atoms with E-state index in [1.165, 1.54) is 37.0 Å². The van der Waals surface area contributed by atoms with Crippen LogP contribution in [0.5, 0.6) is 0 Å². The van der Waals surface area contributed by atoms with Crippen molar-refractivity contribution >= 4 is 31.5 Å². The molecule has 3 heterocycles. The van der Waals surface area contributed by atoms with E-state index in [1.807, 2.05) is 11.3 Å². The number of benzene rings is 2. The molecule has 0 saturated carbocycles. The van der Waals surface area contributed by atoms with Crippen LogP contribution >= 0.6 is 11.3 Å². The van der Waals surface area contributed by atoms with Gasteiger partial charge < -0.3 is 0 Å². The van der Waals surface area contributed by atoms with Gasteiger partial charge in [0.2, 0.25) is 5.69 Å². The predicted octanol–water partition coefficient (Wildman–Crippen LogP) is 4.93. The topological polar surface area (TPSA) is 3.88 Å². The predicted molar refractivity (Wildman–Crippen MR) is 88.8 cm³/mol. The van der Waals surface area contributed by atoms with Crippen LogP contribution in [0.15, 0.2) is 60.8 Å². The second-order valence-electron chi connectivity index (χ2n) is 5.67. The van der Waals surface area contributed by atoms with E-state index in [9.17, 15) is 0 Å². The van der Waals surface area contributed by atoms with E-state index < -0.39 is 0 Å². The maximum Gasteiger partial charge on any atom is 0.214 e. The summed E-state index contributed by atoms with van der Waals surface area (Å²) < 4.78 is 5.19. The van der Waals surface area contributed by atoms with E-state index in [1.54, 1.807) is 0 Å². The van der Waals surface area contributed by atoms with Gasteiger partial charge in [0.1, 0.15) is 0 Å². The van der Waals surface area contributed by atoms with E-state index in [2.05, 4.69) is 72.3 Å². The van der Waals surface area contributed by atoms with Crippen molar-refractivity contribution in [3.05, 3.63) is 66.4 Å². The van der Waals surface area contributed by atoms with Gasteiger partial charge in [-0.05, 0) is 12.1 Å². The molecule has 1 nitrogen and oxygen atoms in total. The first-order valence-electron chi connectivity index (χ1n) is 7.29. The summed E-state index contributed by atoms with van der Waals surface area (Å²) >= 11 is 1.92. The van der Waals surface area contributed by atoms with Gasteiger partial charge in [-0.15, -0.1) is 11.3 Å². The average molecular weight is 288 g/mol. The highest BCUT2D eigenvalue weighted by molar-refractivity contribution is 7.26. The zero-order valence-electron chi connectivity index (χ0n) is 11.7. The summed E-state index contributed by atoms with van der Waals surface area (Å²) in [5, 5.41) is 2.76. The van der Waals surface area contributed by atoms with Gasteiger partial charge >= 0.3 is 0 Å². The van der Waals surface area contributed by atoms with Gasteiger partial charge in [0, 0.05) is 44.8 Å². The fraction of sp³-hybridized carbons (Fsp3) is 0.105. The Morgan fingerprint density at radius 2 is 1.76 bits per heavy atom. The smallest absolute Gasteiger partial charge is 0.191 e. The number of hydrogen-bond donors (Lipinski definition) is 0. The summed E-state index contributed by atoms with van der Waals surface area (Å²) in [6, 6.07) is 20.3. The zero-order valence-corrected chi connectivity index (χ0v) is 12.5. The first kappa shape index (κ1) is 11.5. The lowest BCUT2D eigenvalue weighted by atomic mass is 10.0. The molecule has 0 aliphatic carbocycles. The molecule has 100 valence electrons. The van der Waals surface area contributed by atoms with Crippen molar-refractivity contribution in [1.82, 2.24) is 0 Å². The zero-order chi connectivity index (χ0) is 14.0. The largest absolute Gasteiger partial charge is 0.214 e. The third-order valence-electron chi connectivity index (χ3n) is 4.59. The van der Waals surface area contributed by atoms with Crippen molar-refractivity contribution < 1.29 is 4.57 Å². The summed E-state index contributed by atoms with van der Waals surface area (Å²) in [4.78, 5) is 0. The van der Waals surface area contributed by atoms with Crippen LogP contribution in [-0.4, -0.2) is 0 Å². The molecule has 21 heavy (non-hydrogen) atoms. The Bertz CT molecular complexity index is 1010. The summed E-state index contributed by atoms with van der Waals surface area (Å²) in [6.45, 7) is 2.29. The molecule has 1 atom stereocenters. The number of hydrogen-bond acceptors (Lipinski definition) is 1. The second kappa shape index (κ2) is 3.92. The van der Waals surface area contributed by atoms with Gasteiger partial charge in [-0.3, -0.25) is 0 Å². The van der Waals surface area contributed by atoms with Crippen molar-refractivity contribution in [2.24, 2.45) is 0 Å². The number of fused-ring (bicyclic) bond motifs is 7. The lowest BCUT2D eigenvalue weighted by Crippen LogP contribution is -2.35. The Morgan fingerprint density at radius 3 is 2.71 bits per heavy atom. The van der Waals surface area contributed by atoms with Crippen molar-refractivity contribution in [3.63, 3.8) is 0 Å². The van der Waals surface area contributed by atoms with Gasteiger partial charge in [-0.2, -0.15) is 4.57 Å². The molecule has 0 spiro atoms. The molecule has 0 bridgehead atoms. The molecule has 0 fully saturated rings. The van der Waals surface area contributed by atoms with E-state index in [0.29, 0.717) is 6.04 Å². The second-order valence-corrected chi connectivity index (χ2v) is 6.73. The van der Waals surface area contributed by atoms with Crippen molar-refractivity contribution in [1.29, 1.82) is 0 Å². The molecule has 2 aromatic heterocycles. The van der Waals surface area contributed by atoms with Gasteiger partial charge in [-0.25, -0.2) is 0 Å². The van der Waals surface area contributed by atoms with Crippen LogP contribution in [0.2, 0.25) is 0 Å². The lowest BCUT2D eigenvalue weighted by Gasteiger charge is -2.00. The van der Waals surface area contributed by atoms with Crippen LogP contribution in [0.4, 0.5) is 0 Å². The minimum Gasteiger partial charge on any atom is -0.191 e. The van der Waals surface area contributed by atoms with Gasteiger partial charge in [0.15, 0.2) is 12.2 Å². The van der Waals surface area contributed by atoms with Gasteiger partial charge in [-0.1, -0.05) is 30.3 Å². The van der Waals surface area contributed by atoms with Crippen molar-refractivity contribution in [3.8, 4) is 11.3 Å². The molecule has 1 aliphatic rings. The standard InChI is InChI=1S/C19H14NS/c1-12-13-9-10-15-14-6-2-3-8-17(14)21-19(15)18(13)16-7-4-5-11-20(12)16/h2-12H,1H3/q+1. The Labute approximate surface area is 127 Å². The quantitative estimate of drug-likeness (QED) is 0.404. The Kier molecular flexibility index (Phi) is 2.14. The average Bonchev–Trinajstić information content (AvgIpc) is 3.04. The van der Waals surface area contributed by atoms with Crippen LogP contribution in [0.3, 0.4) is 0 Å². The Morgan fingerprint density at radius 1 is 0.905 bits per heavy atom. The third-order valence-corrected chi connectivity index (χ3v) is 5.80. The molecule has 1 aliphatic heterocycles. The molecule has 2 heteroatoms. The monoisotopic (exact) mass is 288 g/mol. The summed E-state index contributed by atoms with van der Waals surface area (Å²) in [5.41, 5.74) is 4.22. The fourth-order valence-corrected chi connectivity index (χ4v) is 4.84. The Balaban J connectivity index is 2.00. The normalized spacial score (nSPS) is 16.3. The molecule has 5 rings (SSSR count). The molecule has 1 unspecified atom stereocenters. The fourth-order valence-electron chi connectivity index (χ4n) is 3.57. The summed E-state index contributed by atoms with van der Waals surface area (Å²) in [6.07, 6.45) is 2.19. The number of thiophene rings is 1. The van der Waals surface area contributed by atoms with Crippen molar-refractivity contribution in [2.45, 2.75) is 13.0 Å². The van der Waals surface area contributed by atoms with Crippen LogP contribution in [0.25, 0.3) is 31.4 Å². The van der Waals surface area contributed by atoms with Crippen LogP contribution < -0.4 is 4.57 Å². The highest BCUT2D eigenvalue weighted by Crippen LogP contribution is 2.44.